The van der Waals surface area contributed by atoms with Crippen LogP contribution in [0.2, 0.25) is 10.0 Å². The van der Waals surface area contributed by atoms with Crippen LogP contribution in [0, 0.1) is 5.92 Å². The molecule has 0 heterocycles. The summed E-state index contributed by atoms with van der Waals surface area (Å²) in [5.74, 6) is -0.556. The molecule has 0 saturated carbocycles. The van der Waals surface area contributed by atoms with Gasteiger partial charge < -0.3 is 10.2 Å². The summed E-state index contributed by atoms with van der Waals surface area (Å²) in [5.41, 5.74) is -0.503. The fourth-order valence-electron chi connectivity index (χ4n) is 4.02. The number of hydrogen-bond donors (Lipinski definition) is 1. The van der Waals surface area contributed by atoms with Gasteiger partial charge in [-0.3, -0.25) is 13.9 Å². The van der Waals surface area contributed by atoms with Gasteiger partial charge in [-0.2, -0.15) is 13.2 Å². The molecule has 1 atom stereocenters. The number of carbonyl (C=O) groups excluding carboxylic acids is 2. The average molecular weight is 625 g/mol. The summed E-state index contributed by atoms with van der Waals surface area (Å²) in [6.07, 6.45) is -3.59. The number of halogens is 5. The summed E-state index contributed by atoms with van der Waals surface area (Å²) < 4.78 is 65.4. The normalized spacial score (nSPS) is 12.8. The summed E-state index contributed by atoms with van der Waals surface area (Å²) in [5, 5.41) is 3.47. The lowest BCUT2D eigenvalue weighted by Gasteiger charge is -2.31. The topological polar surface area (TPSA) is 86.8 Å². The van der Waals surface area contributed by atoms with Gasteiger partial charge in [0.1, 0.15) is 6.04 Å². The Morgan fingerprint density at radius 2 is 1.73 bits per heavy atom. The number of anilines is 1. The molecule has 2 aromatic carbocycles. The number of nitrogens with zero attached hydrogens (tertiary/aromatic N) is 2. The number of amides is 2. The first-order chi connectivity index (χ1) is 18.5. The fourth-order valence-corrected chi connectivity index (χ4v) is 5.30. The van der Waals surface area contributed by atoms with Crippen LogP contribution < -0.4 is 9.62 Å². The number of benzene rings is 2. The average Bonchev–Trinajstić information content (AvgIpc) is 2.86. The third-order valence-corrected chi connectivity index (χ3v) is 7.95. The minimum Gasteiger partial charge on any atom is -0.354 e. The van der Waals surface area contributed by atoms with Crippen molar-refractivity contribution in [1.29, 1.82) is 0 Å². The Morgan fingerprint density at radius 1 is 1.05 bits per heavy atom. The van der Waals surface area contributed by atoms with Gasteiger partial charge in [-0.25, -0.2) is 8.42 Å². The summed E-state index contributed by atoms with van der Waals surface area (Å²) in [6.45, 7) is 5.89. The first-order valence-electron chi connectivity index (χ1n) is 12.7. The van der Waals surface area contributed by atoms with Gasteiger partial charge in [-0.05, 0) is 54.7 Å². The maximum atomic E-state index is 13.5. The molecule has 2 rings (SSSR count). The van der Waals surface area contributed by atoms with Crippen LogP contribution in [0.5, 0.6) is 0 Å². The van der Waals surface area contributed by atoms with Crippen molar-refractivity contribution in [3.63, 3.8) is 0 Å². The van der Waals surface area contributed by atoms with E-state index >= 15 is 0 Å². The van der Waals surface area contributed by atoms with Crippen molar-refractivity contribution in [2.24, 2.45) is 5.92 Å². The molecule has 0 aliphatic carbocycles. The van der Waals surface area contributed by atoms with Crippen molar-refractivity contribution >= 4 is 50.7 Å². The molecule has 0 fully saturated rings. The third-order valence-electron chi connectivity index (χ3n) is 6.02. The Balaban J connectivity index is 2.28. The molecule has 0 aliphatic rings. The molecule has 0 aliphatic heterocycles. The maximum absolute atomic E-state index is 13.5. The molecule has 2 amide bonds. The van der Waals surface area contributed by atoms with Crippen LogP contribution in [0.3, 0.4) is 0 Å². The third kappa shape index (κ3) is 9.85. The van der Waals surface area contributed by atoms with Gasteiger partial charge in [-0.15, -0.1) is 0 Å². The number of hydrogen-bond acceptors (Lipinski definition) is 4. The highest BCUT2D eigenvalue weighted by Gasteiger charge is 2.32. The molecule has 222 valence electrons. The standard InChI is InChI=1S/C27H34Cl2F3N3O4S/c1-5-24(26(37)33-16-18(2)3)34(17-19-11-12-22(28)23(29)14-19)25(36)10-7-13-35(40(4,38)39)21-9-6-8-20(15-21)27(30,31)32/h6,8-9,11-12,14-15,18,24H,5,7,10,13,16-17H2,1-4H3,(H,33,37). The van der Waals surface area contributed by atoms with E-state index in [1.165, 1.54) is 11.0 Å². The van der Waals surface area contributed by atoms with Crippen LogP contribution in [-0.4, -0.2) is 50.5 Å². The van der Waals surface area contributed by atoms with Crippen molar-refractivity contribution in [2.75, 3.05) is 23.7 Å². The molecule has 13 heteroatoms. The molecule has 1 unspecified atom stereocenters. The Labute approximate surface area is 243 Å². The monoisotopic (exact) mass is 623 g/mol. The van der Waals surface area contributed by atoms with E-state index in [-0.39, 0.29) is 48.5 Å². The molecule has 0 spiro atoms. The van der Waals surface area contributed by atoms with Crippen LogP contribution in [0.25, 0.3) is 0 Å². The van der Waals surface area contributed by atoms with E-state index in [1.54, 1.807) is 25.1 Å². The van der Waals surface area contributed by atoms with Crippen LogP contribution >= 0.6 is 23.2 Å². The maximum Gasteiger partial charge on any atom is 0.416 e. The van der Waals surface area contributed by atoms with Crippen molar-refractivity contribution in [2.45, 2.75) is 58.8 Å². The van der Waals surface area contributed by atoms with Crippen LogP contribution in [0.4, 0.5) is 18.9 Å². The van der Waals surface area contributed by atoms with E-state index in [0.29, 0.717) is 23.6 Å². The SMILES string of the molecule is CCC(C(=O)NCC(C)C)N(Cc1ccc(Cl)c(Cl)c1)C(=O)CCCN(c1cccc(C(F)(F)F)c1)S(C)(=O)=O. The van der Waals surface area contributed by atoms with Gasteiger partial charge >= 0.3 is 6.18 Å². The molecular weight excluding hydrogens is 590 g/mol. The first kappa shape index (κ1) is 33.7. The second kappa shape index (κ2) is 14.4. The van der Waals surface area contributed by atoms with E-state index in [2.05, 4.69) is 5.32 Å². The molecule has 2 aromatic rings. The number of rotatable bonds is 13. The Morgan fingerprint density at radius 3 is 2.27 bits per heavy atom. The number of alkyl halides is 3. The van der Waals surface area contributed by atoms with Gasteiger partial charge in [0.2, 0.25) is 21.8 Å². The van der Waals surface area contributed by atoms with Gasteiger partial charge in [-0.1, -0.05) is 56.1 Å². The number of sulfonamides is 1. The Hall–Kier alpha value is -2.50. The highest BCUT2D eigenvalue weighted by atomic mass is 35.5. The molecule has 0 bridgehead atoms. The van der Waals surface area contributed by atoms with Crippen LogP contribution in [-0.2, 0) is 32.3 Å². The number of carbonyl (C=O) groups is 2. The fraction of sp³-hybridized carbons (Fsp3) is 0.481. The van der Waals surface area contributed by atoms with E-state index in [9.17, 15) is 31.2 Å². The summed E-state index contributed by atoms with van der Waals surface area (Å²) >= 11 is 12.2. The van der Waals surface area contributed by atoms with Crippen LogP contribution in [0.1, 0.15) is 51.2 Å². The lowest BCUT2D eigenvalue weighted by molar-refractivity contribution is -0.141. The minimum atomic E-state index is -4.65. The van der Waals surface area contributed by atoms with Crippen molar-refractivity contribution < 1.29 is 31.2 Å². The molecule has 0 radical (unpaired) electrons. The largest absolute Gasteiger partial charge is 0.416 e. The predicted octanol–water partition coefficient (Wildman–Crippen LogP) is 6.14. The van der Waals surface area contributed by atoms with Gasteiger partial charge in [0.25, 0.3) is 0 Å². The predicted molar refractivity (Wildman–Crippen MR) is 152 cm³/mol. The van der Waals surface area contributed by atoms with Gasteiger partial charge in [0, 0.05) is 26.1 Å². The molecule has 0 aromatic heterocycles. The second-order valence-corrected chi connectivity index (χ2v) is 12.5. The van der Waals surface area contributed by atoms with Crippen molar-refractivity contribution in [1.82, 2.24) is 10.2 Å². The van der Waals surface area contributed by atoms with Crippen LogP contribution in [0.15, 0.2) is 42.5 Å². The smallest absolute Gasteiger partial charge is 0.354 e. The quantitative estimate of drug-likeness (QED) is 0.290. The van der Waals surface area contributed by atoms with Gasteiger partial charge in [0.05, 0.1) is 27.6 Å². The summed E-state index contributed by atoms with van der Waals surface area (Å²) in [7, 11) is -3.96. The first-order valence-corrected chi connectivity index (χ1v) is 15.3. The Bertz CT molecular complexity index is 1290. The molecule has 0 saturated heterocycles. The Kier molecular flexibility index (Phi) is 12.1. The minimum absolute atomic E-state index is 0.00404. The summed E-state index contributed by atoms with van der Waals surface area (Å²) in [6, 6.07) is 8.06. The van der Waals surface area contributed by atoms with E-state index in [4.69, 9.17) is 23.2 Å². The second-order valence-electron chi connectivity index (χ2n) is 9.82. The van der Waals surface area contributed by atoms with Crippen molar-refractivity contribution in [3.05, 3.63) is 63.6 Å². The lowest BCUT2D eigenvalue weighted by atomic mass is 10.1. The summed E-state index contributed by atoms with van der Waals surface area (Å²) in [4.78, 5) is 27.9. The molecular formula is C27H34Cl2F3N3O4S. The zero-order valence-electron chi connectivity index (χ0n) is 22.8. The van der Waals surface area contributed by atoms with E-state index in [0.717, 1.165) is 28.8 Å². The highest BCUT2D eigenvalue weighted by Crippen LogP contribution is 2.32. The van der Waals surface area contributed by atoms with E-state index in [1.807, 2.05) is 13.8 Å². The van der Waals surface area contributed by atoms with Crippen molar-refractivity contribution in [3.8, 4) is 0 Å². The molecule has 1 N–H and O–H groups in total. The zero-order chi connectivity index (χ0) is 30.3. The highest BCUT2D eigenvalue weighted by molar-refractivity contribution is 7.92. The molecule has 7 nitrogen and oxygen atoms in total. The van der Waals surface area contributed by atoms with E-state index < -0.39 is 33.7 Å². The molecule has 40 heavy (non-hydrogen) atoms. The zero-order valence-corrected chi connectivity index (χ0v) is 25.1. The lowest BCUT2D eigenvalue weighted by Crippen LogP contribution is -2.49. The number of nitrogens with one attached hydrogen (secondary N) is 1. The van der Waals surface area contributed by atoms with Gasteiger partial charge in [0.15, 0.2) is 0 Å².